The molecule has 1 aromatic carbocycles. The van der Waals surface area contributed by atoms with Crippen LogP contribution in [-0.4, -0.2) is 47.4 Å². The fourth-order valence-corrected chi connectivity index (χ4v) is 2.97. The SMILES string of the molecule is COc1ccc(/C=C2\C(=N)N3N=C(C(F)(F)F)SC3=NC2=O)cc1OC. The molecule has 0 saturated heterocycles. The highest BCUT2D eigenvalue weighted by Gasteiger charge is 2.46. The van der Waals surface area contributed by atoms with Crippen LogP contribution in [0.1, 0.15) is 5.56 Å². The van der Waals surface area contributed by atoms with E-state index < -0.39 is 23.0 Å². The van der Waals surface area contributed by atoms with Crippen molar-refractivity contribution >= 4 is 39.8 Å². The number of ether oxygens (including phenoxy) is 2. The molecule has 2 aliphatic rings. The molecule has 0 saturated carbocycles. The third kappa shape index (κ3) is 3.17. The van der Waals surface area contributed by atoms with E-state index in [4.69, 9.17) is 14.9 Å². The van der Waals surface area contributed by atoms with Gasteiger partial charge in [0.2, 0.25) is 10.2 Å². The predicted octanol–water partition coefficient (Wildman–Crippen LogP) is 2.89. The molecule has 2 heterocycles. The molecule has 2 aliphatic heterocycles. The number of hydrogen-bond donors (Lipinski definition) is 1. The molecule has 1 aromatic rings. The van der Waals surface area contributed by atoms with Gasteiger partial charge in [-0.05, 0) is 35.5 Å². The number of hydrogen-bond acceptors (Lipinski definition) is 6. The van der Waals surface area contributed by atoms with Crippen molar-refractivity contribution in [3.63, 3.8) is 0 Å². The number of carbonyl (C=O) groups is 1. The molecule has 1 N–H and O–H groups in total. The fraction of sp³-hybridized carbons (Fsp3) is 0.200. The standard InChI is InChI=1S/C15H11F3N4O3S/c1-24-9-4-3-7(6-10(9)25-2)5-8-11(19)22-14(20-12(8)23)26-13(21-22)15(16,17)18/h3-6,19H,1-2H3/b8-5+,19-11?. The molecule has 0 fully saturated rings. The van der Waals surface area contributed by atoms with Crippen LogP contribution < -0.4 is 9.47 Å². The zero-order valence-corrected chi connectivity index (χ0v) is 14.2. The van der Waals surface area contributed by atoms with Gasteiger partial charge in [-0.1, -0.05) is 6.07 Å². The zero-order valence-electron chi connectivity index (χ0n) is 13.4. The number of hydrazone groups is 1. The number of amidine groups is 2. The van der Waals surface area contributed by atoms with E-state index in [1.54, 1.807) is 18.2 Å². The highest BCUT2D eigenvalue weighted by Crippen LogP contribution is 2.35. The summed E-state index contributed by atoms with van der Waals surface area (Å²) in [5, 5.41) is 10.6. The van der Waals surface area contributed by atoms with Gasteiger partial charge in [0.1, 0.15) is 0 Å². The number of nitrogens with one attached hydrogen (secondary N) is 1. The molecule has 136 valence electrons. The number of fused-ring (bicyclic) bond motifs is 1. The van der Waals surface area contributed by atoms with Gasteiger partial charge in [-0.25, -0.2) is 0 Å². The molecular formula is C15H11F3N4O3S. The van der Waals surface area contributed by atoms with Gasteiger partial charge in [0.05, 0.1) is 19.8 Å². The maximum Gasteiger partial charge on any atom is 0.441 e. The van der Waals surface area contributed by atoms with Gasteiger partial charge in [-0.3, -0.25) is 10.2 Å². The lowest BCUT2D eigenvalue weighted by Crippen LogP contribution is -2.35. The summed E-state index contributed by atoms with van der Waals surface area (Å²) in [5.74, 6) is -0.436. The zero-order chi connectivity index (χ0) is 19.1. The van der Waals surface area contributed by atoms with Crippen LogP contribution in [0.4, 0.5) is 13.2 Å². The Hall–Kier alpha value is -2.82. The van der Waals surface area contributed by atoms with Crippen molar-refractivity contribution in [3.05, 3.63) is 29.3 Å². The summed E-state index contributed by atoms with van der Waals surface area (Å²) in [5.41, 5.74) is 0.301. The predicted molar refractivity (Wildman–Crippen MR) is 90.6 cm³/mol. The molecule has 0 bridgehead atoms. The lowest BCUT2D eigenvalue weighted by molar-refractivity contribution is -0.114. The minimum Gasteiger partial charge on any atom is -0.493 e. The van der Waals surface area contributed by atoms with Crippen LogP contribution in [-0.2, 0) is 4.79 Å². The van der Waals surface area contributed by atoms with Crippen LogP contribution >= 0.6 is 11.8 Å². The molecule has 0 aromatic heterocycles. The first-order chi connectivity index (χ1) is 12.2. The van der Waals surface area contributed by atoms with E-state index in [2.05, 4.69) is 10.1 Å². The highest BCUT2D eigenvalue weighted by molar-refractivity contribution is 8.27. The first-order valence-corrected chi connectivity index (χ1v) is 7.85. The Bertz CT molecular complexity index is 893. The van der Waals surface area contributed by atoms with Crippen molar-refractivity contribution in [2.45, 2.75) is 6.18 Å². The molecule has 0 atom stereocenters. The minimum atomic E-state index is -4.68. The van der Waals surface area contributed by atoms with Gasteiger partial charge < -0.3 is 9.47 Å². The van der Waals surface area contributed by atoms with Gasteiger partial charge in [-0.2, -0.15) is 28.3 Å². The third-order valence-corrected chi connectivity index (χ3v) is 4.37. The van der Waals surface area contributed by atoms with Crippen LogP contribution in [0.5, 0.6) is 11.5 Å². The molecular weight excluding hydrogens is 373 g/mol. The molecule has 26 heavy (non-hydrogen) atoms. The number of methoxy groups -OCH3 is 2. The van der Waals surface area contributed by atoms with Crippen LogP contribution in [0.25, 0.3) is 6.08 Å². The number of nitrogens with zero attached hydrogens (tertiary/aromatic N) is 3. The number of alkyl halides is 3. The second-order valence-electron chi connectivity index (χ2n) is 5.04. The summed E-state index contributed by atoms with van der Waals surface area (Å²) in [7, 11) is 2.90. The van der Waals surface area contributed by atoms with Crippen molar-refractivity contribution in [1.82, 2.24) is 5.01 Å². The van der Waals surface area contributed by atoms with E-state index in [1.165, 1.54) is 20.3 Å². The number of halogens is 3. The van der Waals surface area contributed by atoms with E-state index in [0.29, 0.717) is 22.1 Å². The fourth-order valence-electron chi connectivity index (χ4n) is 2.22. The Morgan fingerprint density at radius 1 is 1.23 bits per heavy atom. The van der Waals surface area contributed by atoms with Gasteiger partial charge in [0.25, 0.3) is 5.91 Å². The van der Waals surface area contributed by atoms with Crippen molar-refractivity contribution in [2.24, 2.45) is 10.1 Å². The Balaban J connectivity index is 1.98. The van der Waals surface area contributed by atoms with Gasteiger partial charge in [0, 0.05) is 0 Å². The van der Waals surface area contributed by atoms with Gasteiger partial charge in [-0.15, -0.1) is 0 Å². The molecule has 7 nitrogen and oxygen atoms in total. The van der Waals surface area contributed by atoms with Crippen molar-refractivity contribution in [2.75, 3.05) is 14.2 Å². The Morgan fingerprint density at radius 2 is 1.92 bits per heavy atom. The number of benzene rings is 1. The Labute approximate surface area is 149 Å². The molecule has 0 radical (unpaired) electrons. The quantitative estimate of drug-likeness (QED) is 0.810. The second-order valence-corrected chi connectivity index (χ2v) is 5.99. The van der Waals surface area contributed by atoms with Crippen LogP contribution in [0.2, 0.25) is 0 Å². The van der Waals surface area contributed by atoms with Crippen molar-refractivity contribution < 1.29 is 27.4 Å². The number of aliphatic imine (C=N–C) groups is 1. The van der Waals surface area contributed by atoms with Crippen LogP contribution in [0.15, 0.2) is 33.9 Å². The summed E-state index contributed by atoms with van der Waals surface area (Å²) < 4.78 is 48.7. The molecule has 0 spiro atoms. The number of carbonyl (C=O) groups excluding carboxylic acids is 1. The highest BCUT2D eigenvalue weighted by atomic mass is 32.2. The number of thioether (sulfide) groups is 1. The van der Waals surface area contributed by atoms with E-state index in [-0.39, 0.29) is 22.5 Å². The third-order valence-electron chi connectivity index (χ3n) is 3.42. The molecule has 1 amide bonds. The maximum absolute atomic E-state index is 12.8. The first kappa shape index (κ1) is 18.0. The summed E-state index contributed by atoms with van der Waals surface area (Å²) in [4.78, 5) is 15.8. The largest absolute Gasteiger partial charge is 0.493 e. The lowest BCUT2D eigenvalue weighted by Gasteiger charge is -2.20. The van der Waals surface area contributed by atoms with Crippen molar-refractivity contribution in [1.29, 1.82) is 5.41 Å². The topological polar surface area (TPSA) is 87.3 Å². The number of amides is 1. The summed E-state index contributed by atoms with van der Waals surface area (Å²) >= 11 is 0.204. The van der Waals surface area contributed by atoms with E-state index in [9.17, 15) is 18.0 Å². The second kappa shape index (κ2) is 6.48. The van der Waals surface area contributed by atoms with Crippen LogP contribution in [0, 0.1) is 5.41 Å². The Kier molecular flexibility index (Phi) is 4.48. The lowest BCUT2D eigenvalue weighted by atomic mass is 10.1. The molecule has 11 heteroatoms. The Morgan fingerprint density at radius 3 is 2.54 bits per heavy atom. The van der Waals surface area contributed by atoms with E-state index in [1.807, 2.05) is 0 Å². The number of rotatable bonds is 3. The normalized spacial score (nSPS) is 18.7. The minimum absolute atomic E-state index is 0.186. The monoisotopic (exact) mass is 384 g/mol. The molecule has 0 unspecified atom stereocenters. The first-order valence-electron chi connectivity index (χ1n) is 7.04. The van der Waals surface area contributed by atoms with Crippen LogP contribution in [0.3, 0.4) is 0 Å². The maximum atomic E-state index is 12.8. The smallest absolute Gasteiger partial charge is 0.441 e. The van der Waals surface area contributed by atoms with E-state index in [0.717, 1.165) is 0 Å². The van der Waals surface area contributed by atoms with Crippen molar-refractivity contribution in [3.8, 4) is 11.5 Å². The van der Waals surface area contributed by atoms with E-state index >= 15 is 0 Å². The van der Waals surface area contributed by atoms with Gasteiger partial charge in [0.15, 0.2) is 17.3 Å². The molecule has 3 rings (SSSR count). The summed E-state index contributed by atoms with van der Waals surface area (Å²) in [6, 6.07) is 4.77. The average Bonchev–Trinajstić information content (AvgIpc) is 3.02. The average molecular weight is 384 g/mol. The molecule has 0 aliphatic carbocycles. The summed E-state index contributed by atoms with van der Waals surface area (Å²) in [6.45, 7) is 0. The summed E-state index contributed by atoms with van der Waals surface area (Å²) in [6.07, 6.45) is -3.35. The van der Waals surface area contributed by atoms with Gasteiger partial charge >= 0.3 is 6.18 Å².